The van der Waals surface area contributed by atoms with E-state index in [2.05, 4.69) is 0 Å². The predicted octanol–water partition coefficient (Wildman–Crippen LogP) is 3.24. The Labute approximate surface area is 138 Å². The van der Waals surface area contributed by atoms with Crippen molar-refractivity contribution >= 4 is 31.4 Å². The Kier molecular flexibility index (Phi) is 4.27. The van der Waals surface area contributed by atoms with Crippen LogP contribution in [0.4, 0.5) is 4.39 Å². The Hall–Kier alpha value is -1.70. The van der Waals surface area contributed by atoms with Gasteiger partial charge in [0.1, 0.15) is 10.6 Å². The summed E-state index contributed by atoms with van der Waals surface area (Å²) < 4.78 is 41.1. The van der Waals surface area contributed by atoms with E-state index in [1.54, 1.807) is 12.3 Å². The van der Waals surface area contributed by atoms with E-state index in [4.69, 9.17) is 0 Å². The summed E-state index contributed by atoms with van der Waals surface area (Å²) in [6, 6.07) is 6.94. The Morgan fingerprint density at radius 1 is 1.26 bits per heavy atom. The minimum atomic E-state index is -3.74. The molecule has 0 aliphatic rings. The topological polar surface area (TPSA) is 42.3 Å². The standard InChI is InChI=1S/C16H17FN2O2S2/c1-18(2)7-8-19-11-15(14-6-9-22-16(14)19)23(20,21)13-5-3-4-12(17)10-13/h3-6,9-11H,7-8H2,1-2H3. The summed E-state index contributed by atoms with van der Waals surface area (Å²) in [6.45, 7) is 1.50. The Morgan fingerprint density at radius 3 is 2.74 bits per heavy atom. The highest BCUT2D eigenvalue weighted by molar-refractivity contribution is 7.91. The van der Waals surface area contributed by atoms with E-state index in [0.29, 0.717) is 11.9 Å². The van der Waals surface area contributed by atoms with Gasteiger partial charge in [-0.15, -0.1) is 11.3 Å². The third kappa shape index (κ3) is 3.04. The second-order valence-corrected chi connectivity index (χ2v) is 8.40. The molecule has 3 rings (SSSR count). The molecule has 0 radical (unpaired) electrons. The van der Waals surface area contributed by atoms with Gasteiger partial charge in [0.05, 0.1) is 9.79 Å². The van der Waals surface area contributed by atoms with Gasteiger partial charge in [0.25, 0.3) is 0 Å². The van der Waals surface area contributed by atoms with Gasteiger partial charge in [-0.2, -0.15) is 0 Å². The third-order valence-corrected chi connectivity index (χ3v) is 6.36. The second kappa shape index (κ2) is 6.07. The third-order valence-electron chi connectivity index (χ3n) is 3.63. The first-order chi connectivity index (χ1) is 10.9. The van der Waals surface area contributed by atoms with Gasteiger partial charge >= 0.3 is 0 Å². The molecule has 0 saturated carbocycles. The lowest BCUT2D eigenvalue weighted by Crippen LogP contribution is -2.17. The van der Waals surface area contributed by atoms with Gasteiger partial charge in [-0.05, 0) is 43.7 Å². The summed E-state index contributed by atoms with van der Waals surface area (Å²) in [5.41, 5.74) is 0. The number of rotatable bonds is 5. The molecule has 2 heterocycles. The van der Waals surface area contributed by atoms with Gasteiger partial charge in [-0.25, -0.2) is 12.8 Å². The molecule has 0 atom stereocenters. The number of sulfone groups is 1. The SMILES string of the molecule is CN(C)CCn1cc(S(=O)(=O)c2cccc(F)c2)c2ccsc21. The molecule has 0 unspecified atom stereocenters. The lowest BCUT2D eigenvalue weighted by molar-refractivity contribution is 0.387. The number of hydrogen-bond donors (Lipinski definition) is 0. The van der Waals surface area contributed by atoms with Crippen molar-refractivity contribution in [3.05, 3.63) is 47.7 Å². The van der Waals surface area contributed by atoms with Gasteiger partial charge in [-0.1, -0.05) is 6.07 Å². The summed E-state index contributed by atoms with van der Waals surface area (Å²) in [7, 11) is 0.200. The second-order valence-electron chi connectivity index (χ2n) is 5.59. The molecule has 23 heavy (non-hydrogen) atoms. The van der Waals surface area contributed by atoms with Crippen LogP contribution in [0.1, 0.15) is 0 Å². The largest absolute Gasteiger partial charge is 0.337 e. The molecular formula is C16H17FN2O2S2. The van der Waals surface area contributed by atoms with Crippen LogP contribution in [0.2, 0.25) is 0 Å². The fourth-order valence-corrected chi connectivity index (χ4v) is 4.91. The van der Waals surface area contributed by atoms with Crippen molar-refractivity contribution in [2.45, 2.75) is 16.3 Å². The van der Waals surface area contributed by atoms with Gasteiger partial charge in [0.2, 0.25) is 9.84 Å². The molecule has 2 aromatic heterocycles. The number of benzene rings is 1. The number of nitrogens with zero attached hydrogens (tertiary/aromatic N) is 2. The number of halogens is 1. The van der Waals surface area contributed by atoms with Crippen LogP contribution >= 0.6 is 11.3 Å². The Bertz CT molecular complexity index is 942. The molecule has 122 valence electrons. The van der Waals surface area contributed by atoms with Crippen molar-refractivity contribution in [3.63, 3.8) is 0 Å². The number of hydrogen-bond acceptors (Lipinski definition) is 4. The minimum absolute atomic E-state index is 0.0182. The smallest absolute Gasteiger partial charge is 0.208 e. The summed E-state index contributed by atoms with van der Waals surface area (Å²) in [5.74, 6) is -0.556. The Balaban J connectivity index is 2.11. The monoisotopic (exact) mass is 352 g/mol. The number of thiophene rings is 1. The molecule has 0 spiro atoms. The molecule has 0 N–H and O–H groups in total. The van der Waals surface area contributed by atoms with E-state index in [9.17, 15) is 12.8 Å². The fourth-order valence-electron chi connectivity index (χ4n) is 2.43. The van der Waals surface area contributed by atoms with Crippen LogP contribution in [0.3, 0.4) is 0 Å². The molecular weight excluding hydrogens is 335 g/mol. The summed E-state index contributed by atoms with van der Waals surface area (Å²) >= 11 is 1.51. The molecule has 0 saturated heterocycles. The van der Waals surface area contributed by atoms with Crippen LogP contribution in [-0.4, -0.2) is 38.5 Å². The van der Waals surface area contributed by atoms with Crippen molar-refractivity contribution in [2.75, 3.05) is 20.6 Å². The normalized spacial score (nSPS) is 12.3. The lowest BCUT2D eigenvalue weighted by Gasteiger charge is -2.10. The molecule has 0 aliphatic heterocycles. The average Bonchev–Trinajstić information content (AvgIpc) is 3.07. The lowest BCUT2D eigenvalue weighted by atomic mass is 10.3. The zero-order valence-corrected chi connectivity index (χ0v) is 14.5. The molecule has 0 aliphatic carbocycles. The maximum Gasteiger partial charge on any atom is 0.208 e. The first kappa shape index (κ1) is 16.2. The van der Waals surface area contributed by atoms with Crippen LogP contribution in [-0.2, 0) is 16.4 Å². The maximum atomic E-state index is 13.4. The number of fused-ring (bicyclic) bond motifs is 1. The van der Waals surface area contributed by atoms with Crippen LogP contribution in [0, 0.1) is 5.82 Å². The van der Waals surface area contributed by atoms with Gasteiger partial charge in [0.15, 0.2) is 0 Å². The van der Waals surface area contributed by atoms with E-state index in [1.807, 2.05) is 28.9 Å². The zero-order chi connectivity index (χ0) is 16.6. The molecule has 4 nitrogen and oxygen atoms in total. The van der Waals surface area contributed by atoms with Crippen molar-refractivity contribution in [2.24, 2.45) is 0 Å². The van der Waals surface area contributed by atoms with Gasteiger partial charge in [-0.3, -0.25) is 0 Å². The summed E-state index contributed by atoms with van der Waals surface area (Å²) in [6.07, 6.45) is 1.66. The first-order valence-corrected chi connectivity index (χ1v) is 9.47. The van der Waals surface area contributed by atoms with Crippen molar-refractivity contribution < 1.29 is 12.8 Å². The summed E-state index contributed by atoms with van der Waals surface area (Å²) in [4.78, 5) is 3.18. The quantitative estimate of drug-likeness (QED) is 0.708. The minimum Gasteiger partial charge on any atom is -0.337 e. The van der Waals surface area contributed by atoms with E-state index < -0.39 is 15.7 Å². The van der Waals surface area contributed by atoms with Gasteiger partial charge in [0, 0.05) is 24.7 Å². The van der Waals surface area contributed by atoms with Gasteiger partial charge < -0.3 is 9.47 Å². The molecule has 0 bridgehead atoms. The highest BCUT2D eigenvalue weighted by Crippen LogP contribution is 2.33. The summed E-state index contributed by atoms with van der Waals surface area (Å²) in [5, 5.41) is 2.57. The van der Waals surface area contributed by atoms with Crippen LogP contribution in [0.5, 0.6) is 0 Å². The van der Waals surface area contributed by atoms with Crippen LogP contribution < -0.4 is 0 Å². The predicted molar refractivity (Wildman–Crippen MR) is 90.2 cm³/mol. The molecule has 0 fully saturated rings. The van der Waals surface area contributed by atoms with E-state index in [-0.39, 0.29) is 9.79 Å². The fraction of sp³-hybridized carbons (Fsp3) is 0.250. The highest BCUT2D eigenvalue weighted by Gasteiger charge is 2.24. The van der Waals surface area contributed by atoms with E-state index >= 15 is 0 Å². The first-order valence-electron chi connectivity index (χ1n) is 7.11. The van der Waals surface area contributed by atoms with Crippen molar-refractivity contribution in [3.8, 4) is 0 Å². The van der Waals surface area contributed by atoms with Crippen LogP contribution in [0.25, 0.3) is 10.2 Å². The van der Waals surface area contributed by atoms with Crippen molar-refractivity contribution in [1.29, 1.82) is 0 Å². The molecule has 0 amide bonds. The van der Waals surface area contributed by atoms with Crippen molar-refractivity contribution in [1.82, 2.24) is 9.47 Å². The number of aromatic nitrogens is 1. The Morgan fingerprint density at radius 2 is 2.04 bits per heavy atom. The van der Waals surface area contributed by atoms with Crippen LogP contribution in [0.15, 0.2) is 51.7 Å². The zero-order valence-electron chi connectivity index (χ0n) is 12.9. The van der Waals surface area contributed by atoms with E-state index in [0.717, 1.165) is 17.4 Å². The molecule has 1 aromatic carbocycles. The highest BCUT2D eigenvalue weighted by atomic mass is 32.2. The average molecular weight is 352 g/mol. The molecule has 3 aromatic rings. The maximum absolute atomic E-state index is 13.4. The molecule has 7 heteroatoms. The van der Waals surface area contributed by atoms with E-state index in [1.165, 1.54) is 29.5 Å². The number of likely N-dealkylation sites (N-methyl/N-ethyl adjacent to an activating group) is 1.